The van der Waals surface area contributed by atoms with Gasteiger partial charge in [0, 0.05) is 0 Å². The topological polar surface area (TPSA) is 12.0 Å². The van der Waals surface area contributed by atoms with E-state index in [2.05, 4.69) is 12.2 Å². The molecule has 0 unspecified atom stereocenters. The first kappa shape index (κ1) is 16.7. The van der Waals surface area contributed by atoms with Crippen LogP contribution in [0, 0.1) is 5.82 Å². The van der Waals surface area contributed by atoms with Crippen molar-refractivity contribution in [1.82, 2.24) is 5.32 Å². The number of allylic oxidation sites excluding steroid dienone is 1. The van der Waals surface area contributed by atoms with Gasteiger partial charge in [-0.25, -0.2) is 4.39 Å². The van der Waals surface area contributed by atoms with Gasteiger partial charge < -0.3 is 5.32 Å². The van der Waals surface area contributed by atoms with E-state index in [9.17, 15) is 17.6 Å². The Morgan fingerprint density at radius 1 is 1.25 bits per heavy atom. The smallest absolute Gasteiger partial charge is 0.316 e. The fraction of sp³-hybridized carbons (Fsp3) is 0.467. The number of hydrogen-bond acceptors (Lipinski definition) is 1. The summed E-state index contributed by atoms with van der Waals surface area (Å²) in [6.07, 6.45) is -0.948. The molecular formula is C15H19F4N. The lowest BCUT2D eigenvalue weighted by molar-refractivity contribution is -0.140. The lowest BCUT2D eigenvalue weighted by Gasteiger charge is -2.10. The average molecular weight is 289 g/mol. The summed E-state index contributed by atoms with van der Waals surface area (Å²) in [5, 5.41) is 3.21. The fourth-order valence-electron chi connectivity index (χ4n) is 1.80. The van der Waals surface area contributed by atoms with Crippen molar-refractivity contribution in [2.45, 2.75) is 32.9 Å². The van der Waals surface area contributed by atoms with Crippen molar-refractivity contribution in [3.8, 4) is 0 Å². The molecule has 1 nitrogen and oxygen atoms in total. The van der Waals surface area contributed by atoms with Crippen molar-refractivity contribution in [3.63, 3.8) is 0 Å². The van der Waals surface area contributed by atoms with E-state index in [4.69, 9.17) is 0 Å². The van der Waals surface area contributed by atoms with Crippen LogP contribution >= 0.6 is 0 Å². The van der Waals surface area contributed by atoms with E-state index >= 15 is 0 Å². The molecule has 1 N–H and O–H groups in total. The number of nitrogens with one attached hydrogen (secondary N) is 1. The minimum absolute atomic E-state index is 0.478. The first-order valence-electron chi connectivity index (χ1n) is 6.61. The van der Waals surface area contributed by atoms with Crippen LogP contribution < -0.4 is 5.32 Å². The third kappa shape index (κ3) is 4.96. The van der Waals surface area contributed by atoms with Gasteiger partial charge in [0.25, 0.3) is 0 Å². The van der Waals surface area contributed by atoms with E-state index in [1.54, 1.807) is 6.92 Å². The number of hydrogen-bond donors (Lipinski definition) is 1. The normalized spacial score (nSPS) is 12.8. The van der Waals surface area contributed by atoms with Crippen LogP contribution in [0.3, 0.4) is 0 Å². The SMILES string of the molecule is CCCNCC/C=C(/C)c1ccc(C(F)(F)F)c(F)c1. The molecule has 0 aromatic heterocycles. The maximum atomic E-state index is 13.4. The Hall–Kier alpha value is -1.36. The second-order valence-corrected chi connectivity index (χ2v) is 4.62. The molecule has 0 bridgehead atoms. The Morgan fingerprint density at radius 3 is 2.50 bits per heavy atom. The van der Waals surface area contributed by atoms with E-state index < -0.39 is 17.6 Å². The molecule has 0 saturated heterocycles. The molecule has 0 heterocycles. The van der Waals surface area contributed by atoms with Crippen LogP contribution in [0.1, 0.15) is 37.8 Å². The number of benzene rings is 1. The highest BCUT2D eigenvalue weighted by atomic mass is 19.4. The van der Waals surface area contributed by atoms with Gasteiger partial charge in [-0.05, 0) is 56.1 Å². The van der Waals surface area contributed by atoms with Gasteiger partial charge in [0.05, 0.1) is 5.56 Å². The van der Waals surface area contributed by atoms with Crippen LogP contribution in [0.4, 0.5) is 17.6 Å². The van der Waals surface area contributed by atoms with Crippen LogP contribution in [0.25, 0.3) is 5.57 Å². The van der Waals surface area contributed by atoms with Crippen molar-refractivity contribution < 1.29 is 17.6 Å². The highest BCUT2D eigenvalue weighted by Crippen LogP contribution is 2.32. The Balaban J connectivity index is 2.72. The molecule has 20 heavy (non-hydrogen) atoms. The Morgan fingerprint density at radius 2 is 1.95 bits per heavy atom. The molecule has 0 saturated carbocycles. The van der Waals surface area contributed by atoms with Gasteiger partial charge in [0.1, 0.15) is 5.82 Å². The van der Waals surface area contributed by atoms with E-state index in [-0.39, 0.29) is 0 Å². The molecule has 112 valence electrons. The summed E-state index contributed by atoms with van der Waals surface area (Å²) in [6, 6.07) is 3.03. The molecule has 0 radical (unpaired) electrons. The van der Waals surface area contributed by atoms with E-state index in [1.807, 2.05) is 6.08 Å². The van der Waals surface area contributed by atoms with Crippen molar-refractivity contribution in [1.29, 1.82) is 0 Å². The predicted molar refractivity (Wildman–Crippen MR) is 72.8 cm³/mol. The van der Waals surface area contributed by atoms with Crippen LogP contribution in [0.2, 0.25) is 0 Å². The average Bonchev–Trinajstić information content (AvgIpc) is 2.36. The number of halogens is 4. The standard InChI is InChI=1S/C15H19F4N/c1-3-8-20-9-4-5-11(2)12-6-7-13(14(16)10-12)15(17,18)19/h5-7,10,20H,3-4,8-9H2,1-2H3/b11-5-. The second-order valence-electron chi connectivity index (χ2n) is 4.62. The van der Waals surface area contributed by atoms with E-state index in [0.29, 0.717) is 5.56 Å². The van der Waals surface area contributed by atoms with Crippen molar-refractivity contribution in [3.05, 3.63) is 41.2 Å². The third-order valence-electron chi connectivity index (χ3n) is 2.93. The first-order chi connectivity index (χ1) is 9.36. The summed E-state index contributed by atoms with van der Waals surface area (Å²) in [7, 11) is 0. The summed E-state index contributed by atoms with van der Waals surface area (Å²) in [4.78, 5) is 0. The summed E-state index contributed by atoms with van der Waals surface area (Å²) in [6.45, 7) is 5.57. The van der Waals surface area contributed by atoms with Gasteiger partial charge in [0.2, 0.25) is 0 Å². The monoisotopic (exact) mass is 289 g/mol. The molecule has 0 fully saturated rings. The molecule has 5 heteroatoms. The predicted octanol–water partition coefficient (Wildman–Crippen LogP) is 4.64. The Bertz CT molecular complexity index is 463. The zero-order valence-corrected chi connectivity index (χ0v) is 11.6. The minimum atomic E-state index is -4.65. The number of alkyl halides is 3. The third-order valence-corrected chi connectivity index (χ3v) is 2.93. The highest BCUT2D eigenvalue weighted by molar-refractivity contribution is 5.64. The van der Waals surface area contributed by atoms with Gasteiger partial charge >= 0.3 is 6.18 Å². The first-order valence-corrected chi connectivity index (χ1v) is 6.61. The summed E-state index contributed by atoms with van der Waals surface area (Å²) < 4.78 is 50.8. The maximum Gasteiger partial charge on any atom is 0.419 e. The van der Waals surface area contributed by atoms with Crippen molar-refractivity contribution >= 4 is 5.57 Å². The van der Waals surface area contributed by atoms with Gasteiger partial charge in [0.15, 0.2) is 0 Å². The van der Waals surface area contributed by atoms with Crippen LogP contribution in [0.5, 0.6) is 0 Å². The summed E-state index contributed by atoms with van der Waals surface area (Å²) in [5.41, 5.74) is 0.0283. The second kappa shape index (κ2) is 7.43. The Kier molecular flexibility index (Phi) is 6.20. The molecule has 1 aromatic carbocycles. The van der Waals surface area contributed by atoms with Crippen molar-refractivity contribution in [2.75, 3.05) is 13.1 Å². The molecule has 0 aliphatic heterocycles. The largest absolute Gasteiger partial charge is 0.419 e. The molecular weight excluding hydrogens is 270 g/mol. The molecule has 0 atom stereocenters. The number of rotatable bonds is 6. The molecule has 0 spiro atoms. The molecule has 0 aliphatic carbocycles. The van der Waals surface area contributed by atoms with Crippen LogP contribution in [-0.2, 0) is 6.18 Å². The highest BCUT2D eigenvalue weighted by Gasteiger charge is 2.33. The van der Waals surface area contributed by atoms with Crippen molar-refractivity contribution in [2.24, 2.45) is 0 Å². The van der Waals surface area contributed by atoms with Gasteiger partial charge in [-0.1, -0.05) is 19.1 Å². The van der Waals surface area contributed by atoms with Gasteiger partial charge in [-0.3, -0.25) is 0 Å². The van der Waals surface area contributed by atoms with Crippen LogP contribution in [-0.4, -0.2) is 13.1 Å². The summed E-state index contributed by atoms with van der Waals surface area (Å²) in [5.74, 6) is -1.23. The van der Waals surface area contributed by atoms with E-state index in [1.165, 1.54) is 6.07 Å². The fourth-order valence-corrected chi connectivity index (χ4v) is 1.80. The molecule has 1 rings (SSSR count). The molecule has 0 amide bonds. The Labute approximate surface area is 116 Å². The minimum Gasteiger partial charge on any atom is -0.316 e. The van der Waals surface area contributed by atoms with E-state index in [0.717, 1.165) is 43.6 Å². The molecule has 0 aliphatic rings. The lowest BCUT2D eigenvalue weighted by Crippen LogP contribution is -2.15. The zero-order chi connectivity index (χ0) is 15.2. The zero-order valence-electron chi connectivity index (χ0n) is 11.6. The van der Waals surface area contributed by atoms with Crippen LogP contribution in [0.15, 0.2) is 24.3 Å². The van der Waals surface area contributed by atoms with Gasteiger partial charge in [-0.15, -0.1) is 0 Å². The lowest BCUT2D eigenvalue weighted by atomic mass is 10.0. The molecule has 1 aromatic rings. The van der Waals surface area contributed by atoms with Gasteiger partial charge in [-0.2, -0.15) is 13.2 Å². The quantitative estimate of drug-likeness (QED) is 0.594. The maximum absolute atomic E-state index is 13.4. The summed E-state index contributed by atoms with van der Waals surface area (Å²) >= 11 is 0.